The first kappa shape index (κ1) is 15.1. The lowest BCUT2D eigenvalue weighted by atomic mass is 9.46. The number of ether oxygens (including phenoxy) is 1. The molecular formula is C17H26N4O2. The number of aromatic nitrogens is 2. The molecule has 126 valence electrons. The summed E-state index contributed by atoms with van der Waals surface area (Å²) in [6.45, 7) is 0.849. The van der Waals surface area contributed by atoms with E-state index in [2.05, 4.69) is 10.3 Å². The van der Waals surface area contributed by atoms with Crippen molar-refractivity contribution in [1.82, 2.24) is 19.8 Å². The van der Waals surface area contributed by atoms with E-state index in [9.17, 15) is 4.79 Å². The molecule has 4 rings (SSSR count). The molecule has 2 aliphatic carbocycles. The molecule has 0 unspecified atom stereocenters. The first-order chi connectivity index (χ1) is 11.0. The molecule has 6 nitrogen and oxygen atoms in total. The van der Waals surface area contributed by atoms with Crippen molar-refractivity contribution in [2.45, 2.75) is 43.9 Å². The molecule has 0 bridgehead atoms. The first-order valence-corrected chi connectivity index (χ1v) is 8.59. The van der Waals surface area contributed by atoms with Gasteiger partial charge in [-0.05, 0) is 33.4 Å². The molecule has 1 amide bonds. The van der Waals surface area contributed by atoms with Crippen molar-refractivity contribution in [2.75, 3.05) is 20.7 Å². The summed E-state index contributed by atoms with van der Waals surface area (Å²) in [5, 5.41) is 3.38. The van der Waals surface area contributed by atoms with Gasteiger partial charge in [-0.25, -0.2) is 4.98 Å². The SMILES string of the molecule is CN(C)[C@H](C(=O)N[C@@H]1[C@H]2CCO[C@H]2C12CCC2)c1cncn1C. The summed E-state index contributed by atoms with van der Waals surface area (Å²) >= 11 is 0. The van der Waals surface area contributed by atoms with Gasteiger partial charge in [0, 0.05) is 31.0 Å². The molecule has 1 aromatic rings. The van der Waals surface area contributed by atoms with E-state index in [-0.39, 0.29) is 23.4 Å². The number of hydrogen-bond donors (Lipinski definition) is 1. The molecule has 1 aliphatic heterocycles. The highest BCUT2D eigenvalue weighted by Crippen LogP contribution is 2.62. The Morgan fingerprint density at radius 2 is 2.30 bits per heavy atom. The average molecular weight is 318 g/mol. The van der Waals surface area contributed by atoms with Crippen LogP contribution in [0.1, 0.15) is 37.4 Å². The van der Waals surface area contributed by atoms with Crippen LogP contribution in [0.3, 0.4) is 0 Å². The van der Waals surface area contributed by atoms with Crippen LogP contribution in [-0.2, 0) is 16.6 Å². The Morgan fingerprint density at radius 3 is 2.87 bits per heavy atom. The van der Waals surface area contributed by atoms with Crippen molar-refractivity contribution in [2.24, 2.45) is 18.4 Å². The summed E-state index contributed by atoms with van der Waals surface area (Å²) < 4.78 is 7.87. The van der Waals surface area contributed by atoms with Gasteiger partial charge in [0.1, 0.15) is 6.04 Å². The second-order valence-electron chi connectivity index (χ2n) is 7.61. The monoisotopic (exact) mass is 318 g/mol. The molecular weight excluding hydrogens is 292 g/mol. The molecule has 1 saturated heterocycles. The molecule has 2 heterocycles. The Hall–Kier alpha value is -1.40. The lowest BCUT2D eigenvalue weighted by Crippen LogP contribution is -2.72. The van der Waals surface area contributed by atoms with Gasteiger partial charge in [0.05, 0.1) is 24.3 Å². The quantitative estimate of drug-likeness (QED) is 0.903. The molecule has 3 aliphatic rings. The molecule has 1 spiro atoms. The van der Waals surface area contributed by atoms with E-state index in [0.717, 1.165) is 18.7 Å². The summed E-state index contributed by atoms with van der Waals surface area (Å²) in [7, 11) is 5.82. The van der Waals surface area contributed by atoms with Gasteiger partial charge >= 0.3 is 0 Å². The van der Waals surface area contributed by atoms with Crippen molar-refractivity contribution in [1.29, 1.82) is 0 Å². The van der Waals surface area contributed by atoms with Crippen LogP contribution in [0, 0.1) is 11.3 Å². The van der Waals surface area contributed by atoms with E-state index in [1.54, 1.807) is 12.5 Å². The van der Waals surface area contributed by atoms with Crippen LogP contribution in [0.4, 0.5) is 0 Å². The smallest absolute Gasteiger partial charge is 0.243 e. The number of carbonyl (C=O) groups is 1. The molecule has 6 heteroatoms. The number of rotatable bonds is 4. The third kappa shape index (κ3) is 2.08. The van der Waals surface area contributed by atoms with Crippen molar-refractivity contribution in [3.05, 3.63) is 18.2 Å². The van der Waals surface area contributed by atoms with Crippen LogP contribution in [0.15, 0.2) is 12.5 Å². The minimum Gasteiger partial charge on any atom is -0.377 e. The lowest BCUT2D eigenvalue weighted by molar-refractivity contribution is -0.180. The number of aryl methyl sites for hydroxylation is 1. The maximum atomic E-state index is 13.0. The maximum absolute atomic E-state index is 13.0. The van der Waals surface area contributed by atoms with Crippen molar-refractivity contribution < 1.29 is 9.53 Å². The predicted molar refractivity (Wildman–Crippen MR) is 85.7 cm³/mol. The molecule has 2 saturated carbocycles. The summed E-state index contributed by atoms with van der Waals surface area (Å²) in [4.78, 5) is 19.1. The fourth-order valence-electron chi connectivity index (χ4n) is 4.95. The number of nitrogens with zero attached hydrogens (tertiary/aromatic N) is 3. The number of nitrogens with one attached hydrogen (secondary N) is 1. The van der Waals surface area contributed by atoms with Gasteiger partial charge in [0.15, 0.2) is 0 Å². The van der Waals surface area contributed by atoms with Gasteiger partial charge < -0.3 is 14.6 Å². The zero-order valence-electron chi connectivity index (χ0n) is 14.2. The zero-order valence-corrected chi connectivity index (χ0v) is 14.2. The number of amides is 1. The van der Waals surface area contributed by atoms with Crippen molar-refractivity contribution in [3.63, 3.8) is 0 Å². The molecule has 23 heavy (non-hydrogen) atoms. The second-order valence-corrected chi connectivity index (χ2v) is 7.61. The number of fused-ring (bicyclic) bond motifs is 2. The standard InChI is InChI=1S/C17H26N4O2/c1-20(2)13(12-9-18-10-21(12)3)16(22)19-14-11-5-8-23-15(11)17(14)6-4-7-17/h9-11,13-15H,4-8H2,1-3H3,(H,19,22)/t11-,13+,14-,15-/m1/s1. The number of likely N-dealkylation sites (N-methyl/N-ethyl adjacent to an activating group) is 1. The van der Waals surface area contributed by atoms with Gasteiger partial charge in [0.2, 0.25) is 5.91 Å². The van der Waals surface area contributed by atoms with Crippen LogP contribution < -0.4 is 5.32 Å². The summed E-state index contributed by atoms with van der Waals surface area (Å²) in [6, 6.07) is -0.0204. The molecule has 0 radical (unpaired) electrons. The van der Waals surface area contributed by atoms with Crippen molar-refractivity contribution >= 4 is 5.91 Å². The second kappa shape index (κ2) is 5.31. The van der Waals surface area contributed by atoms with Crippen LogP contribution in [0.5, 0.6) is 0 Å². The van der Waals surface area contributed by atoms with Gasteiger partial charge in [0.25, 0.3) is 0 Å². The Balaban J connectivity index is 1.53. The van der Waals surface area contributed by atoms with E-state index in [1.807, 2.05) is 30.6 Å². The minimum absolute atomic E-state index is 0.0835. The van der Waals surface area contributed by atoms with Crippen LogP contribution >= 0.6 is 0 Å². The fourth-order valence-corrected chi connectivity index (χ4v) is 4.95. The molecule has 0 aromatic carbocycles. The van der Waals surface area contributed by atoms with E-state index in [1.165, 1.54) is 19.3 Å². The summed E-state index contributed by atoms with van der Waals surface area (Å²) in [6.07, 6.45) is 8.64. The van der Waals surface area contributed by atoms with Gasteiger partial charge in [-0.2, -0.15) is 0 Å². The Bertz CT molecular complexity index is 607. The number of imidazole rings is 1. The molecule has 3 fully saturated rings. The van der Waals surface area contributed by atoms with E-state index in [4.69, 9.17) is 4.74 Å². The highest BCUT2D eigenvalue weighted by atomic mass is 16.5. The topological polar surface area (TPSA) is 59.4 Å². The van der Waals surface area contributed by atoms with Crippen molar-refractivity contribution in [3.8, 4) is 0 Å². The Kier molecular flexibility index (Phi) is 3.50. The average Bonchev–Trinajstić information content (AvgIpc) is 3.03. The number of carbonyl (C=O) groups excluding carboxylic acids is 1. The van der Waals surface area contributed by atoms with Gasteiger partial charge in [-0.3, -0.25) is 9.69 Å². The third-order valence-electron chi connectivity index (χ3n) is 6.23. The van der Waals surface area contributed by atoms with Gasteiger partial charge in [-0.15, -0.1) is 0 Å². The van der Waals surface area contributed by atoms with E-state index in [0.29, 0.717) is 12.0 Å². The van der Waals surface area contributed by atoms with Gasteiger partial charge in [-0.1, -0.05) is 6.42 Å². The van der Waals surface area contributed by atoms with Crippen LogP contribution in [0.25, 0.3) is 0 Å². The van der Waals surface area contributed by atoms with Crippen LogP contribution in [0.2, 0.25) is 0 Å². The highest BCUT2D eigenvalue weighted by molar-refractivity contribution is 5.83. The summed E-state index contributed by atoms with van der Waals surface area (Å²) in [5.74, 6) is 0.592. The van der Waals surface area contributed by atoms with E-state index >= 15 is 0 Å². The third-order valence-corrected chi connectivity index (χ3v) is 6.23. The first-order valence-electron chi connectivity index (χ1n) is 8.59. The lowest BCUT2D eigenvalue weighted by Gasteiger charge is -2.63. The maximum Gasteiger partial charge on any atom is 0.243 e. The normalized spacial score (nSPS) is 32.3. The molecule has 1 N–H and O–H groups in total. The minimum atomic E-state index is -0.305. The van der Waals surface area contributed by atoms with E-state index < -0.39 is 0 Å². The molecule has 1 aromatic heterocycles. The summed E-state index contributed by atoms with van der Waals surface area (Å²) in [5.41, 5.74) is 1.15. The Labute approximate surface area is 137 Å². The fraction of sp³-hybridized carbons (Fsp3) is 0.765. The largest absolute Gasteiger partial charge is 0.377 e. The number of hydrogen-bond acceptors (Lipinski definition) is 4. The highest BCUT2D eigenvalue weighted by Gasteiger charge is 2.67. The Morgan fingerprint density at radius 1 is 1.52 bits per heavy atom. The zero-order chi connectivity index (χ0) is 16.2. The molecule has 4 atom stereocenters. The predicted octanol–water partition coefficient (Wildman–Crippen LogP) is 1.10. The van der Waals surface area contributed by atoms with Crippen LogP contribution in [-0.4, -0.2) is 53.2 Å².